The van der Waals surface area contributed by atoms with Gasteiger partial charge in [-0.15, -0.1) is 0 Å². The first kappa shape index (κ1) is 28.4. The standard InChI is InChI=1S/C11H19N5O15P4/c12-9-6-10(14-2-13-9)16(3-15-6)11-8(18)7(17)5(29-11)1-28-35(26,27)31-33(21,22)4-32(19,20)30-34(23,24)25/h2-3,5,7-8,11,17-18H,1,4H2,(H,19,20)(H,21,22)(H,26,27)(H2,12,13,14)(H2,23,24,25). The second-order valence-corrected chi connectivity index (χ2v) is 14.1. The van der Waals surface area contributed by atoms with Crippen LogP contribution in [0.15, 0.2) is 12.7 Å². The number of hydrogen-bond acceptors (Lipinski definition) is 14. The lowest BCUT2D eigenvalue weighted by atomic mass is 10.1. The van der Waals surface area contributed by atoms with Gasteiger partial charge >= 0.3 is 30.8 Å². The lowest BCUT2D eigenvalue weighted by Gasteiger charge is -2.20. The summed E-state index contributed by atoms with van der Waals surface area (Å²) in [6, 6.07) is 0. The predicted molar refractivity (Wildman–Crippen MR) is 110 cm³/mol. The van der Waals surface area contributed by atoms with Crippen molar-refractivity contribution in [2.24, 2.45) is 0 Å². The summed E-state index contributed by atoms with van der Waals surface area (Å²) in [6.07, 6.45) is -3.90. The number of aromatic nitrogens is 4. The minimum absolute atomic E-state index is 0.0205. The van der Waals surface area contributed by atoms with Gasteiger partial charge in [0, 0.05) is 0 Å². The number of imidazole rings is 1. The lowest BCUT2D eigenvalue weighted by Crippen LogP contribution is -2.33. The molecule has 7 atom stereocenters. The second kappa shape index (κ2) is 9.95. The first-order chi connectivity index (χ1) is 15.9. The number of nitrogen functional groups attached to an aromatic ring is 1. The van der Waals surface area contributed by atoms with Crippen LogP contribution in [0.3, 0.4) is 0 Å². The fourth-order valence-electron chi connectivity index (χ4n) is 2.95. The first-order valence-electron chi connectivity index (χ1n) is 8.93. The average molecular weight is 585 g/mol. The van der Waals surface area contributed by atoms with Crippen LogP contribution < -0.4 is 5.73 Å². The predicted octanol–water partition coefficient (Wildman–Crippen LogP) is -1.40. The number of fused-ring (bicyclic) bond motifs is 1. The number of hydrogen-bond donors (Lipinski definition) is 8. The maximum absolute atomic E-state index is 12.0. The normalized spacial score (nSPS) is 28.4. The van der Waals surface area contributed by atoms with Crippen molar-refractivity contribution < 1.29 is 70.8 Å². The van der Waals surface area contributed by atoms with Crippen LogP contribution in [0.25, 0.3) is 11.2 Å². The second-order valence-electron chi connectivity index (χ2n) is 6.96. The Morgan fingerprint density at radius 2 is 1.60 bits per heavy atom. The summed E-state index contributed by atoms with van der Waals surface area (Å²) < 4.78 is 64.7. The Hall–Kier alpha value is -1.17. The van der Waals surface area contributed by atoms with E-state index >= 15 is 0 Å². The Kier molecular flexibility index (Phi) is 8.07. The molecule has 7 unspecified atom stereocenters. The summed E-state index contributed by atoms with van der Waals surface area (Å²) in [4.78, 5) is 57.2. The Balaban J connectivity index is 1.65. The van der Waals surface area contributed by atoms with E-state index in [1.54, 1.807) is 0 Å². The van der Waals surface area contributed by atoms with Crippen LogP contribution >= 0.6 is 30.8 Å². The van der Waals surface area contributed by atoms with Gasteiger partial charge in [0.1, 0.15) is 30.2 Å². The Morgan fingerprint density at radius 1 is 0.971 bits per heavy atom. The molecule has 3 heterocycles. The Morgan fingerprint density at radius 3 is 2.23 bits per heavy atom. The highest BCUT2D eigenvalue weighted by Gasteiger charge is 2.47. The molecule has 1 fully saturated rings. The van der Waals surface area contributed by atoms with E-state index in [4.69, 9.17) is 20.3 Å². The van der Waals surface area contributed by atoms with E-state index in [1.807, 2.05) is 0 Å². The maximum atomic E-state index is 12.0. The molecule has 0 aliphatic carbocycles. The number of rotatable bonds is 10. The van der Waals surface area contributed by atoms with Gasteiger partial charge in [0.2, 0.25) is 0 Å². The molecule has 2 aromatic rings. The molecule has 1 aliphatic heterocycles. The number of phosphoric ester groups is 1. The van der Waals surface area contributed by atoms with Gasteiger partial charge in [-0.1, -0.05) is 0 Å². The smallest absolute Gasteiger partial charge is 0.387 e. The van der Waals surface area contributed by atoms with Gasteiger partial charge < -0.3 is 45.2 Å². The van der Waals surface area contributed by atoms with Crippen molar-refractivity contribution in [1.29, 1.82) is 0 Å². The molecule has 9 N–H and O–H groups in total. The highest BCUT2D eigenvalue weighted by atomic mass is 31.3. The zero-order valence-corrected chi connectivity index (χ0v) is 20.5. The van der Waals surface area contributed by atoms with Crippen molar-refractivity contribution in [2.75, 3.05) is 18.2 Å². The van der Waals surface area contributed by atoms with E-state index in [2.05, 4.69) is 28.1 Å². The third-order valence-electron chi connectivity index (χ3n) is 4.22. The van der Waals surface area contributed by atoms with Crippen LogP contribution in [-0.4, -0.2) is 85.0 Å². The van der Waals surface area contributed by atoms with Crippen molar-refractivity contribution in [3.05, 3.63) is 12.7 Å². The van der Waals surface area contributed by atoms with Crippen LogP contribution in [0.4, 0.5) is 5.82 Å². The molecule has 0 aromatic carbocycles. The summed E-state index contributed by atoms with van der Waals surface area (Å²) in [5, 5.41) is 20.5. The summed E-state index contributed by atoms with van der Waals surface area (Å²) >= 11 is 0. The molecule has 20 nitrogen and oxygen atoms in total. The van der Waals surface area contributed by atoms with E-state index in [1.165, 1.54) is 10.9 Å². The minimum Gasteiger partial charge on any atom is -0.387 e. The number of ether oxygens (including phenoxy) is 1. The summed E-state index contributed by atoms with van der Waals surface area (Å²) in [5.74, 6) is -1.95. The van der Waals surface area contributed by atoms with E-state index in [9.17, 15) is 43.2 Å². The van der Waals surface area contributed by atoms with Crippen LogP contribution in [0.2, 0.25) is 0 Å². The summed E-state index contributed by atoms with van der Waals surface area (Å²) in [6.45, 7) is -0.998. The zero-order valence-electron chi connectivity index (χ0n) is 16.9. The van der Waals surface area contributed by atoms with Crippen LogP contribution in [-0.2, 0) is 36.1 Å². The minimum atomic E-state index is -5.56. The van der Waals surface area contributed by atoms with E-state index in [-0.39, 0.29) is 17.0 Å². The summed E-state index contributed by atoms with van der Waals surface area (Å²) in [7, 11) is -22.0. The molecular weight excluding hydrogens is 566 g/mol. The Bertz CT molecular complexity index is 1280. The number of nitrogens with two attached hydrogens (primary N) is 1. The van der Waals surface area contributed by atoms with Gasteiger partial charge in [0.15, 0.2) is 23.6 Å². The molecule has 198 valence electrons. The van der Waals surface area contributed by atoms with Gasteiger partial charge in [0.05, 0.1) is 12.9 Å². The topological polar surface area (TPSA) is 316 Å². The van der Waals surface area contributed by atoms with Crippen molar-refractivity contribution in [3.8, 4) is 0 Å². The molecule has 3 rings (SSSR count). The quantitative estimate of drug-likeness (QED) is 0.149. The zero-order chi connectivity index (χ0) is 26.4. The van der Waals surface area contributed by atoms with Gasteiger partial charge in [-0.3, -0.25) is 18.2 Å². The average Bonchev–Trinajstić information content (AvgIpc) is 3.19. The Labute approximate surface area is 194 Å². The molecule has 24 heteroatoms. The highest BCUT2D eigenvalue weighted by Crippen LogP contribution is 2.69. The third kappa shape index (κ3) is 7.20. The molecule has 0 amide bonds. The number of nitrogens with zero attached hydrogens (tertiary/aromatic N) is 4. The van der Waals surface area contributed by atoms with Crippen LogP contribution in [0.1, 0.15) is 6.23 Å². The van der Waals surface area contributed by atoms with Gasteiger partial charge in [0.25, 0.3) is 0 Å². The molecule has 35 heavy (non-hydrogen) atoms. The number of phosphoric acid groups is 2. The highest BCUT2D eigenvalue weighted by molar-refractivity contribution is 7.76. The van der Waals surface area contributed by atoms with Gasteiger partial charge in [-0.25, -0.2) is 32.7 Å². The molecule has 0 spiro atoms. The number of aliphatic hydroxyl groups excluding tert-OH is 2. The number of anilines is 1. The van der Waals surface area contributed by atoms with Crippen molar-refractivity contribution in [3.63, 3.8) is 0 Å². The van der Waals surface area contributed by atoms with Crippen LogP contribution in [0.5, 0.6) is 0 Å². The fraction of sp³-hybridized carbons (Fsp3) is 0.545. The molecule has 1 aliphatic rings. The maximum Gasteiger partial charge on any atom is 0.479 e. The van der Waals surface area contributed by atoms with Gasteiger partial charge in [-0.2, -0.15) is 0 Å². The van der Waals surface area contributed by atoms with E-state index in [0.717, 1.165) is 6.33 Å². The first-order valence-corrected chi connectivity index (χ1v) is 15.5. The van der Waals surface area contributed by atoms with Crippen molar-refractivity contribution >= 4 is 47.8 Å². The molecule has 0 bridgehead atoms. The fourth-order valence-corrected chi connectivity index (χ4v) is 9.24. The molecule has 0 saturated carbocycles. The van der Waals surface area contributed by atoms with E-state index in [0.29, 0.717) is 0 Å². The largest absolute Gasteiger partial charge is 0.479 e. The summed E-state index contributed by atoms with van der Waals surface area (Å²) in [5.41, 5.74) is 5.96. The third-order valence-corrected chi connectivity index (χ3v) is 11.3. The molecule has 1 saturated heterocycles. The lowest BCUT2D eigenvalue weighted by molar-refractivity contribution is -0.0501. The number of aliphatic hydroxyl groups is 2. The van der Waals surface area contributed by atoms with Crippen LogP contribution in [0, 0.1) is 0 Å². The van der Waals surface area contributed by atoms with E-state index < -0.39 is 67.9 Å². The monoisotopic (exact) mass is 585 g/mol. The van der Waals surface area contributed by atoms with Crippen molar-refractivity contribution in [1.82, 2.24) is 19.5 Å². The molecular formula is C11H19N5O15P4. The SMILES string of the molecule is Nc1ncnc2c1ncn2C1OC(COP(=O)(O)OP(=O)(O)CP(=O)(O)OP(=O)(O)O)C(O)C1O. The van der Waals surface area contributed by atoms with Crippen molar-refractivity contribution in [2.45, 2.75) is 24.5 Å². The van der Waals surface area contributed by atoms with Gasteiger partial charge in [-0.05, 0) is 0 Å². The molecule has 2 aromatic heterocycles. The molecule has 0 radical (unpaired) electrons.